The summed E-state index contributed by atoms with van der Waals surface area (Å²) in [7, 11) is 2.96. The number of rotatable bonds is 8. The van der Waals surface area contributed by atoms with E-state index in [1.807, 2.05) is 0 Å². The Morgan fingerprint density at radius 3 is 2.63 bits per heavy atom. The van der Waals surface area contributed by atoms with Crippen molar-refractivity contribution < 1.29 is 24.0 Å². The molecule has 2 amide bonds. The summed E-state index contributed by atoms with van der Waals surface area (Å²) in [4.78, 5) is 35.7. The van der Waals surface area contributed by atoms with Crippen LogP contribution in [-0.4, -0.2) is 48.9 Å². The van der Waals surface area contributed by atoms with Crippen LogP contribution in [0.15, 0.2) is 48.5 Å². The molecule has 2 rings (SSSR count). The van der Waals surface area contributed by atoms with Crippen LogP contribution in [0.5, 0.6) is 11.5 Å². The fourth-order valence-electron chi connectivity index (χ4n) is 2.18. The van der Waals surface area contributed by atoms with E-state index < -0.39 is 23.3 Å². The summed E-state index contributed by atoms with van der Waals surface area (Å²) < 4.78 is 10.3. The molecule has 0 aliphatic heterocycles. The van der Waals surface area contributed by atoms with Crippen LogP contribution in [0.1, 0.15) is 0 Å². The van der Waals surface area contributed by atoms with Gasteiger partial charge < -0.3 is 19.7 Å². The van der Waals surface area contributed by atoms with Gasteiger partial charge in [0.2, 0.25) is 5.91 Å². The number of likely N-dealkylation sites (N-methyl/N-ethyl adjacent to an activating group) is 1. The van der Waals surface area contributed by atoms with Crippen LogP contribution in [0.4, 0.5) is 11.4 Å². The van der Waals surface area contributed by atoms with Gasteiger partial charge in [-0.15, -0.1) is 0 Å². The molecule has 9 nitrogen and oxygen atoms in total. The van der Waals surface area contributed by atoms with Gasteiger partial charge in [-0.3, -0.25) is 19.7 Å². The van der Waals surface area contributed by atoms with Crippen molar-refractivity contribution in [2.24, 2.45) is 0 Å². The van der Waals surface area contributed by atoms with E-state index in [0.717, 1.165) is 0 Å². The third-order valence-electron chi connectivity index (χ3n) is 3.57. The van der Waals surface area contributed by atoms with Gasteiger partial charge in [0.25, 0.3) is 5.91 Å². The normalized spacial score (nSPS) is 10.0. The summed E-state index contributed by atoms with van der Waals surface area (Å²) in [5, 5.41) is 13.6. The third-order valence-corrected chi connectivity index (χ3v) is 3.57. The predicted octanol–water partition coefficient (Wildman–Crippen LogP) is 2.08. The number of hydrogen-bond acceptors (Lipinski definition) is 6. The molecule has 0 spiro atoms. The number of nitro benzene ring substituents is 1. The highest BCUT2D eigenvalue weighted by atomic mass is 16.6. The van der Waals surface area contributed by atoms with Crippen molar-refractivity contribution in [1.82, 2.24) is 4.90 Å². The van der Waals surface area contributed by atoms with E-state index in [-0.39, 0.29) is 18.0 Å². The van der Waals surface area contributed by atoms with E-state index in [1.165, 1.54) is 37.3 Å². The Bertz CT molecular complexity index is 839. The molecule has 0 unspecified atom stereocenters. The highest BCUT2D eigenvalue weighted by Gasteiger charge is 2.18. The van der Waals surface area contributed by atoms with E-state index in [1.54, 1.807) is 30.3 Å². The highest BCUT2D eigenvalue weighted by molar-refractivity contribution is 5.94. The lowest BCUT2D eigenvalue weighted by atomic mass is 10.3. The van der Waals surface area contributed by atoms with Crippen LogP contribution in [-0.2, 0) is 9.59 Å². The molecule has 0 aliphatic carbocycles. The van der Waals surface area contributed by atoms with E-state index in [2.05, 4.69) is 5.32 Å². The second-order valence-electron chi connectivity index (χ2n) is 5.54. The van der Waals surface area contributed by atoms with Crippen molar-refractivity contribution in [2.75, 3.05) is 32.6 Å². The lowest BCUT2D eigenvalue weighted by Gasteiger charge is -2.17. The molecular weight excluding hydrogens is 354 g/mol. The summed E-state index contributed by atoms with van der Waals surface area (Å²) in [5.41, 5.74) is 0.306. The summed E-state index contributed by atoms with van der Waals surface area (Å²) >= 11 is 0. The maximum Gasteiger partial charge on any atom is 0.310 e. The number of carbonyl (C=O) groups is 2. The monoisotopic (exact) mass is 373 g/mol. The van der Waals surface area contributed by atoms with Crippen LogP contribution < -0.4 is 14.8 Å². The molecule has 27 heavy (non-hydrogen) atoms. The van der Waals surface area contributed by atoms with Crippen molar-refractivity contribution in [3.05, 3.63) is 58.6 Å². The zero-order chi connectivity index (χ0) is 19.8. The minimum Gasteiger partial charge on any atom is -0.497 e. The number of anilines is 1. The standard InChI is InChI=1S/C18H19N3O6/c1-20(11-17(22)19-13-6-5-7-14(10-13)26-2)18(23)12-27-16-9-4-3-8-15(16)21(24)25/h3-10H,11-12H2,1-2H3,(H,19,22). The number of methoxy groups -OCH3 is 1. The van der Waals surface area contributed by atoms with Gasteiger partial charge in [-0.25, -0.2) is 0 Å². The van der Waals surface area contributed by atoms with E-state index in [9.17, 15) is 19.7 Å². The summed E-state index contributed by atoms with van der Waals surface area (Å²) in [6, 6.07) is 12.6. The van der Waals surface area contributed by atoms with Crippen LogP contribution in [0, 0.1) is 10.1 Å². The van der Waals surface area contributed by atoms with Crippen molar-refractivity contribution in [3.63, 3.8) is 0 Å². The second kappa shape index (κ2) is 9.18. The lowest BCUT2D eigenvalue weighted by molar-refractivity contribution is -0.385. The van der Waals surface area contributed by atoms with Gasteiger partial charge in [0.15, 0.2) is 12.4 Å². The molecule has 0 radical (unpaired) electrons. The highest BCUT2D eigenvalue weighted by Crippen LogP contribution is 2.25. The molecule has 0 heterocycles. The zero-order valence-corrected chi connectivity index (χ0v) is 14.9. The molecule has 0 fully saturated rings. The molecule has 0 saturated carbocycles. The van der Waals surface area contributed by atoms with Crippen LogP contribution in [0.3, 0.4) is 0 Å². The van der Waals surface area contributed by atoms with Crippen LogP contribution >= 0.6 is 0 Å². The Hall–Kier alpha value is -3.62. The average Bonchev–Trinajstić information content (AvgIpc) is 2.66. The number of amides is 2. The maximum atomic E-state index is 12.1. The van der Waals surface area contributed by atoms with Gasteiger partial charge >= 0.3 is 5.69 Å². The maximum absolute atomic E-state index is 12.1. The van der Waals surface area contributed by atoms with Gasteiger partial charge in [-0.05, 0) is 18.2 Å². The molecule has 9 heteroatoms. The predicted molar refractivity (Wildman–Crippen MR) is 97.9 cm³/mol. The van der Waals surface area contributed by atoms with Gasteiger partial charge in [-0.2, -0.15) is 0 Å². The van der Waals surface area contributed by atoms with Crippen molar-refractivity contribution in [2.45, 2.75) is 0 Å². The molecule has 2 aromatic rings. The summed E-state index contributed by atoms with van der Waals surface area (Å²) in [5.74, 6) is -0.307. The largest absolute Gasteiger partial charge is 0.497 e. The zero-order valence-electron chi connectivity index (χ0n) is 14.9. The summed E-state index contributed by atoms with van der Waals surface area (Å²) in [6.45, 7) is -0.621. The molecule has 2 aromatic carbocycles. The Morgan fingerprint density at radius 1 is 1.19 bits per heavy atom. The molecule has 0 aliphatic rings. The fraction of sp³-hybridized carbons (Fsp3) is 0.222. The molecule has 1 N–H and O–H groups in total. The van der Waals surface area contributed by atoms with E-state index in [4.69, 9.17) is 9.47 Å². The Labute approximate surface area is 155 Å². The van der Waals surface area contributed by atoms with Crippen molar-refractivity contribution in [1.29, 1.82) is 0 Å². The molecule has 0 bridgehead atoms. The lowest BCUT2D eigenvalue weighted by Crippen LogP contribution is -2.37. The topological polar surface area (TPSA) is 111 Å². The SMILES string of the molecule is COc1cccc(NC(=O)CN(C)C(=O)COc2ccccc2[N+](=O)[O-])c1. The molecule has 142 valence electrons. The van der Waals surface area contributed by atoms with Crippen LogP contribution in [0.25, 0.3) is 0 Å². The number of carbonyl (C=O) groups excluding carboxylic acids is 2. The number of benzene rings is 2. The number of nitrogens with one attached hydrogen (secondary N) is 1. The van der Waals surface area contributed by atoms with Gasteiger partial charge in [0.1, 0.15) is 5.75 Å². The minimum atomic E-state index is -0.592. The molecule has 0 saturated heterocycles. The number of ether oxygens (including phenoxy) is 2. The number of nitrogens with zero attached hydrogens (tertiary/aromatic N) is 2. The van der Waals surface area contributed by atoms with Crippen LogP contribution in [0.2, 0.25) is 0 Å². The number of para-hydroxylation sites is 2. The Kier molecular flexibility index (Phi) is 6.70. The van der Waals surface area contributed by atoms with E-state index in [0.29, 0.717) is 11.4 Å². The van der Waals surface area contributed by atoms with Crippen molar-refractivity contribution >= 4 is 23.2 Å². The first-order valence-corrected chi connectivity index (χ1v) is 7.95. The Balaban J connectivity index is 1.88. The summed E-state index contributed by atoms with van der Waals surface area (Å²) in [6.07, 6.45) is 0. The minimum absolute atomic E-state index is 0.00918. The number of nitro groups is 1. The first kappa shape index (κ1) is 19.7. The first-order chi connectivity index (χ1) is 12.9. The number of hydrogen-bond donors (Lipinski definition) is 1. The van der Waals surface area contributed by atoms with Gasteiger partial charge in [0.05, 0.1) is 18.6 Å². The quantitative estimate of drug-likeness (QED) is 0.560. The van der Waals surface area contributed by atoms with Gasteiger partial charge in [0, 0.05) is 24.9 Å². The fourth-order valence-corrected chi connectivity index (χ4v) is 2.18. The second-order valence-corrected chi connectivity index (χ2v) is 5.54. The average molecular weight is 373 g/mol. The smallest absolute Gasteiger partial charge is 0.310 e. The first-order valence-electron chi connectivity index (χ1n) is 7.95. The Morgan fingerprint density at radius 2 is 1.93 bits per heavy atom. The molecular formula is C18H19N3O6. The molecule has 0 aromatic heterocycles. The van der Waals surface area contributed by atoms with E-state index >= 15 is 0 Å². The van der Waals surface area contributed by atoms with Gasteiger partial charge in [-0.1, -0.05) is 18.2 Å². The molecule has 0 atom stereocenters. The third kappa shape index (κ3) is 5.70. The van der Waals surface area contributed by atoms with Crippen molar-refractivity contribution in [3.8, 4) is 11.5 Å².